The first kappa shape index (κ1) is 21.5. The van der Waals surface area contributed by atoms with Crippen molar-refractivity contribution in [1.82, 2.24) is 0 Å². The third kappa shape index (κ3) is 4.62. The highest BCUT2D eigenvalue weighted by Gasteiger charge is 2.35. The van der Waals surface area contributed by atoms with Gasteiger partial charge in [-0.25, -0.2) is 0 Å². The van der Waals surface area contributed by atoms with Crippen LogP contribution in [0.1, 0.15) is 28.2 Å². The third-order valence-corrected chi connectivity index (χ3v) is 6.77. The number of benzene rings is 3. The van der Waals surface area contributed by atoms with Crippen molar-refractivity contribution in [1.29, 1.82) is 0 Å². The summed E-state index contributed by atoms with van der Waals surface area (Å²) < 4.78 is 6.49. The molecule has 5 nitrogen and oxygen atoms in total. The summed E-state index contributed by atoms with van der Waals surface area (Å²) in [5.41, 5.74) is 3.03. The summed E-state index contributed by atoms with van der Waals surface area (Å²) in [6, 6.07) is 22.5. The van der Waals surface area contributed by atoms with Crippen LogP contribution in [-0.2, 0) is 4.79 Å². The molecule has 0 aromatic heterocycles. The fourth-order valence-electron chi connectivity index (χ4n) is 3.44. The van der Waals surface area contributed by atoms with Crippen LogP contribution in [0.4, 0.5) is 11.4 Å². The maximum absolute atomic E-state index is 12.7. The highest BCUT2D eigenvalue weighted by molar-refractivity contribution is 9.10. The summed E-state index contributed by atoms with van der Waals surface area (Å²) in [5.74, 6) is 0.973. The first-order valence-electron chi connectivity index (χ1n) is 9.90. The SMILES string of the molecule is CCOc1ccccc1N1C(=O)CS[C@H]1c1ccc(NC(=O)c2ccccc2Br)cc1. The van der Waals surface area contributed by atoms with Crippen molar-refractivity contribution in [3.05, 3.63) is 88.4 Å². The zero-order valence-electron chi connectivity index (χ0n) is 16.9. The Bertz CT molecular complexity index is 1100. The lowest BCUT2D eigenvalue weighted by molar-refractivity contribution is -0.115. The maximum Gasteiger partial charge on any atom is 0.256 e. The molecule has 1 N–H and O–H groups in total. The number of hydrogen-bond acceptors (Lipinski definition) is 4. The number of rotatable bonds is 6. The molecule has 0 bridgehead atoms. The Morgan fingerprint density at radius 2 is 1.81 bits per heavy atom. The van der Waals surface area contributed by atoms with E-state index < -0.39 is 0 Å². The smallest absolute Gasteiger partial charge is 0.256 e. The molecule has 0 unspecified atom stereocenters. The fraction of sp³-hybridized carbons (Fsp3) is 0.167. The second-order valence-corrected chi connectivity index (χ2v) is 8.81. The van der Waals surface area contributed by atoms with Crippen LogP contribution in [0.25, 0.3) is 0 Å². The average molecular weight is 497 g/mol. The molecule has 1 aliphatic heterocycles. The summed E-state index contributed by atoms with van der Waals surface area (Å²) in [6.07, 6.45) is 0. The number of nitrogens with one attached hydrogen (secondary N) is 1. The number of carbonyl (C=O) groups is 2. The molecule has 1 fully saturated rings. The van der Waals surface area contributed by atoms with Crippen LogP contribution in [-0.4, -0.2) is 24.2 Å². The number of halogens is 1. The number of amides is 2. The van der Waals surface area contributed by atoms with Gasteiger partial charge in [-0.15, -0.1) is 11.8 Å². The molecule has 0 aliphatic carbocycles. The van der Waals surface area contributed by atoms with E-state index in [2.05, 4.69) is 21.2 Å². The van der Waals surface area contributed by atoms with Crippen LogP contribution in [0.2, 0.25) is 0 Å². The van der Waals surface area contributed by atoms with Gasteiger partial charge in [0.05, 0.1) is 23.6 Å². The average Bonchev–Trinajstić information content (AvgIpc) is 3.16. The fourth-order valence-corrected chi connectivity index (χ4v) is 5.07. The summed E-state index contributed by atoms with van der Waals surface area (Å²) in [6.45, 7) is 2.46. The lowest BCUT2D eigenvalue weighted by Crippen LogP contribution is -2.28. The van der Waals surface area contributed by atoms with Crippen molar-refractivity contribution in [2.24, 2.45) is 0 Å². The molecule has 1 aliphatic rings. The van der Waals surface area contributed by atoms with Crippen LogP contribution in [0.3, 0.4) is 0 Å². The summed E-state index contributed by atoms with van der Waals surface area (Å²) in [7, 11) is 0. The molecule has 158 valence electrons. The standard InChI is InChI=1S/C24H21BrN2O3S/c1-2-30-21-10-6-5-9-20(21)27-22(28)15-31-24(27)16-11-13-17(14-12-16)26-23(29)18-7-3-4-8-19(18)25/h3-14,24H,2,15H2,1H3,(H,26,29)/t24-/m0/s1. The van der Waals surface area contributed by atoms with Gasteiger partial charge in [0.2, 0.25) is 5.91 Å². The van der Waals surface area contributed by atoms with Crippen LogP contribution < -0.4 is 15.0 Å². The van der Waals surface area contributed by atoms with Gasteiger partial charge < -0.3 is 10.1 Å². The van der Waals surface area contributed by atoms with E-state index in [1.54, 1.807) is 22.7 Å². The van der Waals surface area contributed by atoms with E-state index in [1.807, 2.05) is 73.7 Å². The van der Waals surface area contributed by atoms with Gasteiger partial charge in [0.25, 0.3) is 5.91 Å². The van der Waals surface area contributed by atoms with E-state index in [4.69, 9.17) is 4.74 Å². The number of thioether (sulfide) groups is 1. The van der Waals surface area contributed by atoms with Crippen LogP contribution in [0.15, 0.2) is 77.3 Å². The first-order valence-corrected chi connectivity index (χ1v) is 11.7. The zero-order chi connectivity index (χ0) is 21.8. The molecule has 1 atom stereocenters. The Balaban J connectivity index is 1.55. The van der Waals surface area contributed by atoms with E-state index in [1.165, 1.54) is 0 Å². The van der Waals surface area contributed by atoms with E-state index in [-0.39, 0.29) is 17.2 Å². The van der Waals surface area contributed by atoms with E-state index >= 15 is 0 Å². The van der Waals surface area contributed by atoms with Gasteiger partial charge in [-0.05, 0) is 64.8 Å². The number of ether oxygens (including phenoxy) is 1. The first-order chi connectivity index (χ1) is 15.1. The van der Waals surface area contributed by atoms with E-state index in [0.29, 0.717) is 29.4 Å². The highest BCUT2D eigenvalue weighted by Crippen LogP contribution is 2.44. The molecular weight excluding hydrogens is 476 g/mol. The van der Waals surface area contributed by atoms with Crippen molar-refractivity contribution in [2.45, 2.75) is 12.3 Å². The molecule has 1 saturated heterocycles. The van der Waals surface area contributed by atoms with Crippen molar-refractivity contribution < 1.29 is 14.3 Å². The number of anilines is 2. The Morgan fingerprint density at radius 3 is 2.55 bits per heavy atom. The lowest BCUT2D eigenvalue weighted by atomic mass is 10.1. The molecule has 0 radical (unpaired) electrons. The summed E-state index contributed by atoms with van der Waals surface area (Å²) in [5, 5.41) is 2.77. The van der Waals surface area contributed by atoms with E-state index in [9.17, 15) is 9.59 Å². The van der Waals surface area contributed by atoms with Gasteiger partial charge in [-0.2, -0.15) is 0 Å². The molecule has 7 heteroatoms. The van der Waals surface area contributed by atoms with Crippen molar-refractivity contribution in [3.63, 3.8) is 0 Å². The number of nitrogens with zero attached hydrogens (tertiary/aromatic N) is 1. The van der Waals surface area contributed by atoms with Gasteiger partial charge in [0.1, 0.15) is 11.1 Å². The molecule has 3 aromatic carbocycles. The normalized spacial score (nSPS) is 15.7. The minimum Gasteiger partial charge on any atom is -0.492 e. The monoisotopic (exact) mass is 496 g/mol. The third-order valence-electron chi connectivity index (χ3n) is 4.86. The quantitative estimate of drug-likeness (QED) is 0.462. The Hall–Kier alpha value is -2.77. The minimum absolute atomic E-state index is 0.0495. The molecule has 31 heavy (non-hydrogen) atoms. The molecule has 1 heterocycles. The Kier molecular flexibility index (Phi) is 6.63. The van der Waals surface area contributed by atoms with Gasteiger partial charge in [0.15, 0.2) is 0 Å². The van der Waals surface area contributed by atoms with Gasteiger partial charge in [-0.1, -0.05) is 36.4 Å². The van der Waals surface area contributed by atoms with Crippen LogP contribution in [0, 0.1) is 0 Å². The second kappa shape index (κ2) is 9.58. The molecule has 4 rings (SSSR count). The number of hydrogen-bond donors (Lipinski definition) is 1. The Morgan fingerprint density at radius 1 is 1.10 bits per heavy atom. The van der Waals surface area contributed by atoms with E-state index in [0.717, 1.165) is 15.7 Å². The highest BCUT2D eigenvalue weighted by atomic mass is 79.9. The maximum atomic E-state index is 12.7. The van der Waals surface area contributed by atoms with Gasteiger partial charge in [0, 0.05) is 10.2 Å². The zero-order valence-corrected chi connectivity index (χ0v) is 19.3. The molecule has 0 spiro atoms. The summed E-state index contributed by atoms with van der Waals surface area (Å²) in [4.78, 5) is 27.0. The van der Waals surface area contributed by atoms with Crippen molar-refractivity contribution >= 4 is 50.9 Å². The van der Waals surface area contributed by atoms with Gasteiger partial charge >= 0.3 is 0 Å². The summed E-state index contributed by atoms with van der Waals surface area (Å²) >= 11 is 4.99. The molecule has 3 aromatic rings. The molecular formula is C24H21BrN2O3S. The van der Waals surface area contributed by atoms with Crippen LogP contribution in [0.5, 0.6) is 5.75 Å². The minimum atomic E-state index is -0.182. The predicted molar refractivity (Wildman–Crippen MR) is 129 cm³/mol. The van der Waals surface area contributed by atoms with Crippen molar-refractivity contribution in [2.75, 3.05) is 22.6 Å². The van der Waals surface area contributed by atoms with Crippen LogP contribution >= 0.6 is 27.7 Å². The Labute approximate surface area is 193 Å². The number of para-hydroxylation sites is 2. The lowest BCUT2D eigenvalue weighted by Gasteiger charge is -2.26. The largest absolute Gasteiger partial charge is 0.492 e. The predicted octanol–water partition coefficient (Wildman–Crippen LogP) is 5.88. The molecule has 2 amide bonds. The van der Waals surface area contributed by atoms with Gasteiger partial charge in [-0.3, -0.25) is 14.5 Å². The topological polar surface area (TPSA) is 58.6 Å². The molecule has 0 saturated carbocycles. The second-order valence-electron chi connectivity index (χ2n) is 6.88. The number of carbonyl (C=O) groups excluding carboxylic acids is 2. The van der Waals surface area contributed by atoms with Crippen molar-refractivity contribution in [3.8, 4) is 5.75 Å².